The van der Waals surface area contributed by atoms with E-state index in [1.165, 1.54) is 32.1 Å². The van der Waals surface area contributed by atoms with Gasteiger partial charge in [0.2, 0.25) is 11.7 Å². The van der Waals surface area contributed by atoms with E-state index in [-0.39, 0.29) is 6.10 Å². The van der Waals surface area contributed by atoms with Crippen molar-refractivity contribution in [3.05, 3.63) is 11.7 Å². The number of hydrogen-bond donors (Lipinski definition) is 1. The van der Waals surface area contributed by atoms with Gasteiger partial charge in [0, 0.05) is 13.0 Å². The molecule has 5 heteroatoms. The molecule has 2 rings (SSSR count). The van der Waals surface area contributed by atoms with Crippen LogP contribution < -0.4 is 5.73 Å². The van der Waals surface area contributed by atoms with Crippen molar-refractivity contribution in [2.24, 2.45) is 11.7 Å². The Labute approximate surface area is 114 Å². The van der Waals surface area contributed by atoms with Gasteiger partial charge >= 0.3 is 0 Å². The van der Waals surface area contributed by atoms with Gasteiger partial charge in [0.15, 0.2) is 0 Å². The molecule has 0 saturated heterocycles. The second kappa shape index (κ2) is 7.60. The average Bonchev–Trinajstić information content (AvgIpc) is 2.92. The lowest BCUT2D eigenvalue weighted by Crippen LogP contribution is -2.20. The summed E-state index contributed by atoms with van der Waals surface area (Å²) in [6, 6.07) is 0. The fourth-order valence-corrected chi connectivity index (χ4v) is 2.78. The third kappa shape index (κ3) is 4.01. The molecule has 0 amide bonds. The zero-order valence-corrected chi connectivity index (χ0v) is 11.8. The molecule has 0 aliphatic heterocycles. The first-order valence-electron chi connectivity index (χ1n) is 7.49. The highest BCUT2D eigenvalue weighted by Crippen LogP contribution is 2.35. The minimum Gasteiger partial charge on any atom is -0.370 e. The maximum Gasteiger partial charge on any atom is 0.226 e. The second-order valence-corrected chi connectivity index (χ2v) is 5.21. The van der Waals surface area contributed by atoms with Crippen LogP contribution in [-0.2, 0) is 11.2 Å². The highest BCUT2D eigenvalue weighted by Gasteiger charge is 2.29. The lowest BCUT2D eigenvalue weighted by Gasteiger charge is -2.27. The Morgan fingerprint density at radius 2 is 2.16 bits per heavy atom. The Morgan fingerprint density at radius 3 is 2.84 bits per heavy atom. The number of nitrogens with two attached hydrogens (primary N) is 1. The average molecular weight is 267 g/mol. The van der Waals surface area contributed by atoms with E-state index in [1.807, 2.05) is 6.92 Å². The first-order chi connectivity index (χ1) is 9.35. The topological polar surface area (TPSA) is 74.2 Å². The molecular weight excluding hydrogens is 242 g/mol. The SMILES string of the molecule is CCOC(c1noc(CCCN)n1)C1CCCCC1. The van der Waals surface area contributed by atoms with Gasteiger partial charge in [0.25, 0.3) is 0 Å². The van der Waals surface area contributed by atoms with E-state index in [4.69, 9.17) is 15.0 Å². The van der Waals surface area contributed by atoms with Gasteiger partial charge in [0.05, 0.1) is 0 Å². The highest BCUT2D eigenvalue weighted by atomic mass is 16.5. The summed E-state index contributed by atoms with van der Waals surface area (Å²) in [6.07, 6.45) is 7.95. The third-order valence-corrected chi connectivity index (χ3v) is 3.76. The molecule has 1 aliphatic rings. The van der Waals surface area contributed by atoms with Crippen molar-refractivity contribution < 1.29 is 9.26 Å². The van der Waals surface area contributed by atoms with Crippen molar-refractivity contribution in [3.63, 3.8) is 0 Å². The summed E-state index contributed by atoms with van der Waals surface area (Å²) in [5, 5.41) is 4.11. The molecule has 1 aromatic rings. The van der Waals surface area contributed by atoms with Gasteiger partial charge in [-0.05, 0) is 38.6 Å². The fourth-order valence-electron chi connectivity index (χ4n) is 2.78. The van der Waals surface area contributed by atoms with E-state index in [9.17, 15) is 0 Å². The summed E-state index contributed by atoms with van der Waals surface area (Å²) in [5.41, 5.74) is 5.49. The van der Waals surface area contributed by atoms with Crippen LogP contribution in [0.3, 0.4) is 0 Å². The Balaban J connectivity index is 2.02. The molecule has 0 aromatic carbocycles. The van der Waals surface area contributed by atoms with Gasteiger partial charge in [-0.1, -0.05) is 24.4 Å². The number of hydrogen-bond acceptors (Lipinski definition) is 5. The van der Waals surface area contributed by atoms with Crippen molar-refractivity contribution in [2.45, 2.75) is 58.0 Å². The molecule has 5 nitrogen and oxygen atoms in total. The number of aryl methyl sites for hydroxylation is 1. The zero-order valence-electron chi connectivity index (χ0n) is 11.8. The van der Waals surface area contributed by atoms with Crippen molar-refractivity contribution in [1.82, 2.24) is 10.1 Å². The third-order valence-electron chi connectivity index (χ3n) is 3.76. The monoisotopic (exact) mass is 267 g/mol. The summed E-state index contributed by atoms with van der Waals surface area (Å²) >= 11 is 0. The number of aromatic nitrogens is 2. The molecule has 1 aliphatic carbocycles. The summed E-state index contributed by atoms with van der Waals surface area (Å²) < 4.78 is 11.2. The fraction of sp³-hybridized carbons (Fsp3) is 0.857. The maximum absolute atomic E-state index is 5.88. The minimum absolute atomic E-state index is 0.000626. The molecule has 0 spiro atoms. The zero-order chi connectivity index (χ0) is 13.5. The summed E-state index contributed by atoms with van der Waals surface area (Å²) in [7, 11) is 0. The van der Waals surface area contributed by atoms with Crippen molar-refractivity contribution in [2.75, 3.05) is 13.2 Å². The van der Waals surface area contributed by atoms with Gasteiger partial charge in [-0.3, -0.25) is 0 Å². The molecule has 0 radical (unpaired) electrons. The molecule has 1 heterocycles. The second-order valence-electron chi connectivity index (χ2n) is 5.21. The van der Waals surface area contributed by atoms with Crippen LogP contribution in [0.5, 0.6) is 0 Å². The van der Waals surface area contributed by atoms with Crippen LogP contribution in [0.4, 0.5) is 0 Å². The minimum atomic E-state index is 0.000626. The lowest BCUT2D eigenvalue weighted by atomic mass is 9.85. The van der Waals surface area contributed by atoms with Crippen molar-refractivity contribution >= 4 is 0 Å². The van der Waals surface area contributed by atoms with E-state index < -0.39 is 0 Å². The van der Waals surface area contributed by atoms with Crippen LogP contribution in [0.25, 0.3) is 0 Å². The summed E-state index contributed by atoms with van der Waals surface area (Å²) in [4.78, 5) is 4.48. The Bertz CT molecular complexity index is 361. The lowest BCUT2D eigenvalue weighted by molar-refractivity contribution is -0.00145. The van der Waals surface area contributed by atoms with Gasteiger partial charge in [-0.15, -0.1) is 0 Å². The van der Waals surface area contributed by atoms with Crippen LogP contribution in [0.1, 0.15) is 63.3 Å². The van der Waals surface area contributed by atoms with Gasteiger partial charge in [-0.2, -0.15) is 4.98 Å². The van der Waals surface area contributed by atoms with Crippen LogP contribution in [-0.4, -0.2) is 23.3 Å². The Morgan fingerprint density at radius 1 is 1.37 bits per heavy atom. The maximum atomic E-state index is 5.88. The predicted octanol–water partition coefficient (Wildman–Crippen LogP) is 2.62. The molecule has 19 heavy (non-hydrogen) atoms. The molecule has 0 bridgehead atoms. The summed E-state index contributed by atoms with van der Waals surface area (Å²) in [6.45, 7) is 3.36. The van der Waals surface area contributed by atoms with Crippen LogP contribution in [0.2, 0.25) is 0 Å². The molecule has 1 fully saturated rings. The molecule has 1 unspecified atom stereocenters. The number of nitrogens with zero attached hydrogens (tertiary/aromatic N) is 2. The first-order valence-corrected chi connectivity index (χ1v) is 7.49. The van der Waals surface area contributed by atoms with Gasteiger partial charge in [-0.25, -0.2) is 0 Å². The van der Waals surface area contributed by atoms with E-state index >= 15 is 0 Å². The molecule has 108 valence electrons. The molecular formula is C14H25N3O2. The first kappa shape index (κ1) is 14.5. The van der Waals surface area contributed by atoms with Crippen molar-refractivity contribution in [3.8, 4) is 0 Å². The Kier molecular flexibility index (Phi) is 5.79. The van der Waals surface area contributed by atoms with Crippen molar-refractivity contribution in [1.29, 1.82) is 0 Å². The quantitative estimate of drug-likeness (QED) is 0.822. The van der Waals surface area contributed by atoms with Crippen LogP contribution in [0, 0.1) is 5.92 Å². The van der Waals surface area contributed by atoms with Gasteiger partial charge in [0.1, 0.15) is 6.10 Å². The van der Waals surface area contributed by atoms with E-state index in [0.717, 1.165) is 18.7 Å². The highest BCUT2D eigenvalue weighted by molar-refractivity contribution is 4.95. The largest absolute Gasteiger partial charge is 0.370 e. The Hall–Kier alpha value is -0.940. The van der Waals surface area contributed by atoms with Crippen LogP contribution >= 0.6 is 0 Å². The summed E-state index contributed by atoms with van der Waals surface area (Å²) in [5.74, 6) is 1.94. The number of rotatable bonds is 7. The molecule has 1 saturated carbocycles. The van der Waals surface area contributed by atoms with Gasteiger partial charge < -0.3 is 15.0 Å². The number of ether oxygens (including phenoxy) is 1. The smallest absolute Gasteiger partial charge is 0.226 e. The van der Waals surface area contributed by atoms with E-state index in [0.29, 0.717) is 25.0 Å². The molecule has 1 atom stereocenters. The normalized spacial score (nSPS) is 18.6. The van der Waals surface area contributed by atoms with E-state index in [2.05, 4.69) is 10.1 Å². The standard InChI is InChI=1S/C14H25N3O2/c1-2-18-13(11-7-4-3-5-8-11)14-16-12(19-17-14)9-6-10-15/h11,13H,2-10,15H2,1H3. The van der Waals surface area contributed by atoms with Crippen LogP contribution in [0.15, 0.2) is 4.52 Å². The van der Waals surface area contributed by atoms with E-state index in [1.54, 1.807) is 0 Å². The molecule has 2 N–H and O–H groups in total. The predicted molar refractivity (Wildman–Crippen MR) is 72.6 cm³/mol. The molecule has 1 aromatic heterocycles.